The van der Waals surface area contributed by atoms with Crippen LogP contribution in [0.25, 0.3) is 6.08 Å². The maximum Gasteiger partial charge on any atom is 0.144 e. The minimum Gasteiger partial charge on any atom is -0.384 e. The van der Waals surface area contributed by atoms with Crippen LogP contribution in [-0.4, -0.2) is 16.5 Å². The third kappa shape index (κ3) is 4.07. The van der Waals surface area contributed by atoms with Gasteiger partial charge in [-0.1, -0.05) is 91.0 Å². The highest BCUT2D eigenvalue weighted by molar-refractivity contribution is 5.87. The van der Waals surface area contributed by atoms with Gasteiger partial charge in [0.1, 0.15) is 5.78 Å². The van der Waals surface area contributed by atoms with Crippen molar-refractivity contribution in [3.63, 3.8) is 0 Å². The quantitative estimate of drug-likeness (QED) is 0.873. The van der Waals surface area contributed by atoms with Crippen LogP contribution in [0.1, 0.15) is 54.0 Å². The number of Topliss-reactive ketones (excluding diaryl/α,β-unsaturated/α-hetero) is 1. The number of hydrogen-bond donors (Lipinski definition) is 1. The second kappa shape index (κ2) is 6.37. The summed E-state index contributed by atoms with van der Waals surface area (Å²) in [6.45, 7) is 13.4. The van der Waals surface area contributed by atoms with E-state index in [9.17, 15) is 9.90 Å². The van der Waals surface area contributed by atoms with Crippen LogP contribution in [0, 0.1) is 16.7 Å². The van der Waals surface area contributed by atoms with E-state index in [1.54, 1.807) is 6.08 Å². The second-order valence-electron chi connectivity index (χ2n) is 8.16. The van der Waals surface area contributed by atoms with E-state index in [1.165, 1.54) is 0 Å². The number of carbonyl (C=O) groups is 1. The van der Waals surface area contributed by atoms with Crippen molar-refractivity contribution in [2.45, 2.75) is 54.1 Å². The highest BCUT2D eigenvalue weighted by atomic mass is 16.3. The number of rotatable bonds is 4. The zero-order chi connectivity index (χ0) is 17.2. The molecule has 0 aliphatic heterocycles. The molecule has 122 valence electrons. The molecule has 2 heteroatoms. The first-order chi connectivity index (χ1) is 9.89. The van der Waals surface area contributed by atoms with Crippen LogP contribution in [0.2, 0.25) is 0 Å². The van der Waals surface area contributed by atoms with Gasteiger partial charge < -0.3 is 5.11 Å². The average Bonchev–Trinajstić information content (AvgIpc) is 2.42. The maximum absolute atomic E-state index is 12.7. The normalized spacial score (nSPS) is 17.3. The van der Waals surface area contributed by atoms with E-state index < -0.39 is 22.3 Å². The summed E-state index contributed by atoms with van der Waals surface area (Å²) in [7, 11) is 0. The Labute approximate surface area is 135 Å². The molecule has 1 rings (SSSR count). The van der Waals surface area contributed by atoms with E-state index in [0.717, 1.165) is 5.56 Å². The minimum absolute atomic E-state index is 0.0719. The smallest absolute Gasteiger partial charge is 0.144 e. The molecule has 0 saturated heterocycles. The van der Waals surface area contributed by atoms with E-state index in [1.807, 2.05) is 84.9 Å². The van der Waals surface area contributed by atoms with Gasteiger partial charge in [0.2, 0.25) is 0 Å². The van der Waals surface area contributed by atoms with Gasteiger partial charge in [-0.15, -0.1) is 0 Å². The molecule has 2 unspecified atom stereocenters. The Morgan fingerprint density at radius 3 is 1.95 bits per heavy atom. The number of carbonyl (C=O) groups excluding carboxylic acids is 1. The van der Waals surface area contributed by atoms with Crippen molar-refractivity contribution in [3.8, 4) is 0 Å². The van der Waals surface area contributed by atoms with Gasteiger partial charge in [0.15, 0.2) is 0 Å². The lowest BCUT2D eigenvalue weighted by Gasteiger charge is -2.43. The lowest BCUT2D eigenvalue weighted by molar-refractivity contribution is -0.143. The molecule has 0 aliphatic carbocycles. The molecule has 1 N–H and O–H groups in total. The summed E-state index contributed by atoms with van der Waals surface area (Å²) >= 11 is 0. The maximum atomic E-state index is 12.7. The molecule has 1 aromatic rings. The van der Waals surface area contributed by atoms with Gasteiger partial charge in [0.25, 0.3) is 0 Å². The number of ketones is 1. The van der Waals surface area contributed by atoms with Crippen LogP contribution in [0.15, 0.2) is 36.4 Å². The summed E-state index contributed by atoms with van der Waals surface area (Å²) in [4.78, 5) is 12.7. The molecule has 2 nitrogen and oxygen atoms in total. The zero-order valence-electron chi connectivity index (χ0n) is 15.0. The van der Waals surface area contributed by atoms with Gasteiger partial charge in [-0.2, -0.15) is 0 Å². The highest BCUT2D eigenvalue weighted by Gasteiger charge is 2.47. The Hall–Kier alpha value is -1.41. The summed E-state index contributed by atoms with van der Waals surface area (Å²) in [5.74, 6) is -0.407. The van der Waals surface area contributed by atoms with Crippen LogP contribution < -0.4 is 0 Å². The van der Waals surface area contributed by atoms with Crippen molar-refractivity contribution < 1.29 is 9.90 Å². The predicted octanol–water partition coefficient (Wildman–Crippen LogP) is 4.73. The predicted molar refractivity (Wildman–Crippen MR) is 93.5 cm³/mol. The Morgan fingerprint density at radius 1 is 1.05 bits per heavy atom. The second-order valence-corrected chi connectivity index (χ2v) is 8.16. The zero-order valence-corrected chi connectivity index (χ0v) is 15.0. The van der Waals surface area contributed by atoms with Crippen molar-refractivity contribution >= 4 is 11.9 Å². The molecule has 0 saturated carbocycles. The Bertz CT molecular complexity index is 529. The van der Waals surface area contributed by atoms with Crippen molar-refractivity contribution in [2.75, 3.05) is 0 Å². The van der Waals surface area contributed by atoms with Crippen LogP contribution in [-0.2, 0) is 4.79 Å². The molecule has 0 spiro atoms. The van der Waals surface area contributed by atoms with Gasteiger partial charge in [0.05, 0.1) is 5.60 Å². The molecular weight excluding hydrogens is 272 g/mol. The molecule has 22 heavy (non-hydrogen) atoms. The number of aliphatic hydroxyl groups is 1. The standard InChI is InChI=1S/C20H30O2/c1-15(17(21)18(2,3)4)20(22,19(5,6)7)14-13-16-11-9-8-10-12-16/h8-15,22H,1-7H3/b14-13+. The molecule has 0 aromatic heterocycles. The molecule has 1 aromatic carbocycles. The molecule has 0 heterocycles. The lowest BCUT2D eigenvalue weighted by Crippen LogP contribution is -2.51. The SMILES string of the molecule is CC(C(=O)C(C)(C)C)C(O)(/C=C/c1ccccc1)C(C)(C)C. The molecule has 0 fully saturated rings. The average molecular weight is 302 g/mol. The molecule has 2 atom stereocenters. The van der Waals surface area contributed by atoms with Crippen molar-refractivity contribution in [1.82, 2.24) is 0 Å². The Morgan fingerprint density at radius 2 is 1.55 bits per heavy atom. The van der Waals surface area contributed by atoms with Crippen molar-refractivity contribution in [1.29, 1.82) is 0 Å². The fourth-order valence-corrected chi connectivity index (χ4v) is 2.68. The summed E-state index contributed by atoms with van der Waals surface area (Å²) in [6.07, 6.45) is 3.69. The lowest BCUT2D eigenvalue weighted by atomic mass is 9.65. The monoisotopic (exact) mass is 302 g/mol. The Kier molecular flexibility index (Phi) is 5.40. The number of benzene rings is 1. The largest absolute Gasteiger partial charge is 0.384 e. The van der Waals surface area contributed by atoms with E-state index in [4.69, 9.17) is 0 Å². The van der Waals surface area contributed by atoms with Gasteiger partial charge in [0, 0.05) is 11.3 Å². The number of hydrogen-bond acceptors (Lipinski definition) is 2. The molecule has 0 bridgehead atoms. The summed E-state index contributed by atoms with van der Waals surface area (Å²) < 4.78 is 0. The molecule has 0 amide bonds. The third-order valence-corrected chi connectivity index (χ3v) is 4.32. The van der Waals surface area contributed by atoms with E-state index in [-0.39, 0.29) is 5.78 Å². The van der Waals surface area contributed by atoms with Crippen LogP contribution in [0.5, 0.6) is 0 Å². The van der Waals surface area contributed by atoms with Crippen molar-refractivity contribution in [3.05, 3.63) is 42.0 Å². The third-order valence-electron chi connectivity index (χ3n) is 4.32. The minimum atomic E-state index is -1.20. The first kappa shape index (κ1) is 18.6. The fourth-order valence-electron chi connectivity index (χ4n) is 2.68. The summed E-state index contributed by atoms with van der Waals surface area (Å²) in [5.41, 5.74) is -1.11. The summed E-state index contributed by atoms with van der Waals surface area (Å²) in [6, 6.07) is 9.84. The van der Waals surface area contributed by atoms with Crippen molar-refractivity contribution in [2.24, 2.45) is 16.7 Å². The first-order valence-corrected chi connectivity index (χ1v) is 7.90. The molecule has 0 radical (unpaired) electrons. The van der Waals surface area contributed by atoms with Gasteiger partial charge in [-0.05, 0) is 11.0 Å². The Balaban J connectivity index is 3.22. The highest BCUT2D eigenvalue weighted by Crippen LogP contribution is 2.41. The van der Waals surface area contributed by atoms with E-state index >= 15 is 0 Å². The fraction of sp³-hybridized carbons (Fsp3) is 0.550. The van der Waals surface area contributed by atoms with E-state index in [2.05, 4.69) is 0 Å². The topological polar surface area (TPSA) is 37.3 Å². The first-order valence-electron chi connectivity index (χ1n) is 7.90. The van der Waals surface area contributed by atoms with Crippen LogP contribution in [0.4, 0.5) is 0 Å². The van der Waals surface area contributed by atoms with E-state index in [0.29, 0.717) is 0 Å². The van der Waals surface area contributed by atoms with Crippen LogP contribution >= 0.6 is 0 Å². The van der Waals surface area contributed by atoms with Gasteiger partial charge in [-0.25, -0.2) is 0 Å². The van der Waals surface area contributed by atoms with Gasteiger partial charge >= 0.3 is 0 Å². The van der Waals surface area contributed by atoms with Gasteiger partial charge in [-0.3, -0.25) is 4.79 Å². The molecule has 0 aliphatic rings. The molecular formula is C20H30O2. The summed E-state index contributed by atoms with van der Waals surface area (Å²) in [5, 5.41) is 11.3. The van der Waals surface area contributed by atoms with Crippen LogP contribution in [0.3, 0.4) is 0 Å².